The largest absolute Gasteiger partial charge is 0.494 e. The molecule has 0 saturated heterocycles. The summed E-state index contributed by atoms with van der Waals surface area (Å²) in [6.45, 7) is 19.8. The molecule has 0 spiro atoms. The maximum absolute atomic E-state index is 13.4. The lowest BCUT2D eigenvalue weighted by atomic mass is 10.0. The second-order valence-electron chi connectivity index (χ2n) is 16.6. The molecule has 4 aromatic carbocycles. The van der Waals surface area contributed by atoms with E-state index in [2.05, 4.69) is 26.3 Å². The van der Waals surface area contributed by atoms with Crippen molar-refractivity contribution in [3.8, 4) is 33.8 Å². The highest BCUT2D eigenvalue weighted by atomic mass is 16.6. The van der Waals surface area contributed by atoms with Gasteiger partial charge >= 0.3 is 29.8 Å². The predicted molar refractivity (Wildman–Crippen MR) is 280 cm³/mol. The molecule has 72 heavy (non-hydrogen) atoms. The van der Waals surface area contributed by atoms with Gasteiger partial charge in [-0.3, -0.25) is 4.79 Å². The molecule has 12 nitrogen and oxygen atoms in total. The van der Waals surface area contributed by atoms with E-state index in [4.69, 9.17) is 33.2 Å². The number of esters is 5. The fraction of sp³-hybridized carbons (Fsp3) is 0.283. The van der Waals surface area contributed by atoms with Crippen molar-refractivity contribution in [2.45, 2.75) is 71.6 Å². The highest BCUT2D eigenvalue weighted by Crippen LogP contribution is 2.26. The summed E-state index contributed by atoms with van der Waals surface area (Å²) in [7, 11) is 0. The minimum atomic E-state index is -0.606. The molecule has 0 aliphatic heterocycles. The molecule has 0 fully saturated rings. The number of benzene rings is 4. The molecule has 0 aliphatic rings. The van der Waals surface area contributed by atoms with Gasteiger partial charge in [0.05, 0.1) is 43.5 Å². The van der Waals surface area contributed by atoms with Crippen LogP contribution in [-0.4, -0.2) is 62.9 Å². The molecular weight excluding hydrogens is 913 g/mol. The number of hydrogen-bond donors (Lipinski definition) is 0. The Labute approximate surface area is 424 Å². The standard InChI is InChI=1S/C60H66O12/c1-7-38-70-58(63)45(5)19-33-55(72-60(65)52-26-22-48(23-27-52)50-30-36-54(37-31-50)67-40-15-11-13-17-42-69-57(62)9-3)32-18-44(4)43-46(6)71-59(64)51-24-20-47(21-25-51)49-28-34-53(35-29-49)66-39-14-10-12-16-41-68-56(61)8-2/h7-9,18,20-37,43,45H,1-4,10-17,19,38-42H2,5-6H3/b32-18-,46-43+,55-33+. The molecule has 1 unspecified atom stereocenters. The van der Waals surface area contributed by atoms with E-state index in [-0.39, 0.29) is 18.8 Å². The first-order chi connectivity index (χ1) is 34.9. The van der Waals surface area contributed by atoms with Crippen molar-refractivity contribution in [1.29, 1.82) is 0 Å². The predicted octanol–water partition coefficient (Wildman–Crippen LogP) is 13.0. The van der Waals surface area contributed by atoms with Crippen LogP contribution in [0.5, 0.6) is 11.5 Å². The first kappa shape index (κ1) is 56.6. The summed E-state index contributed by atoms with van der Waals surface area (Å²) >= 11 is 0. The van der Waals surface area contributed by atoms with E-state index in [9.17, 15) is 24.0 Å². The van der Waals surface area contributed by atoms with Crippen LogP contribution in [0.25, 0.3) is 22.3 Å². The second kappa shape index (κ2) is 32.0. The second-order valence-corrected chi connectivity index (χ2v) is 16.6. The van der Waals surface area contributed by atoms with Gasteiger partial charge in [-0.15, -0.1) is 0 Å². The number of carbonyl (C=O) groups excluding carboxylic acids is 5. The van der Waals surface area contributed by atoms with Crippen molar-refractivity contribution in [2.75, 3.05) is 33.0 Å². The van der Waals surface area contributed by atoms with Gasteiger partial charge in [0.15, 0.2) is 0 Å². The zero-order valence-corrected chi connectivity index (χ0v) is 41.5. The van der Waals surface area contributed by atoms with E-state index in [1.807, 2.05) is 72.8 Å². The molecule has 0 saturated carbocycles. The van der Waals surface area contributed by atoms with Crippen LogP contribution in [0.4, 0.5) is 0 Å². The van der Waals surface area contributed by atoms with Crippen LogP contribution >= 0.6 is 0 Å². The van der Waals surface area contributed by atoms with E-state index >= 15 is 0 Å². The lowest BCUT2D eigenvalue weighted by molar-refractivity contribution is -0.146. The van der Waals surface area contributed by atoms with Gasteiger partial charge in [-0.05, 0) is 159 Å². The van der Waals surface area contributed by atoms with Crippen LogP contribution in [0.15, 0.2) is 183 Å². The third-order valence-electron chi connectivity index (χ3n) is 10.8. The Morgan fingerprint density at radius 3 is 1.38 bits per heavy atom. The van der Waals surface area contributed by atoms with Gasteiger partial charge in [-0.25, -0.2) is 19.2 Å². The Balaban J connectivity index is 1.29. The van der Waals surface area contributed by atoms with Crippen molar-refractivity contribution >= 4 is 29.8 Å². The Kier molecular flexibility index (Phi) is 25.2. The van der Waals surface area contributed by atoms with E-state index in [1.165, 1.54) is 6.08 Å². The Bertz CT molecular complexity index is 2510. The van der Waals surface area contributed by atoms with Crippen LogP contribution in [0.2, 0.25) is 0 Å². The summed E-state index contributed by atoms with van der Waals surface area (Å²) < 4.78 is 38.4. The van der Waals surface area contributed by atoms with Crippen LogP contribution in [0.1, 0.15) is 92.4 Å². The van der Waals surface area contributed by atoms with Crippen LogP contribution in [0.3, 0.4) is 0 Å². The fourth-order valence-corrected chi connectivity index (χ4v) is 6.76. The molecule has 378 valence electrons. The fourth-order valence-electron chi connectivity index (χ4n) is 6.76. The van der Waals surface area contributed by atoms with Crippen LogP contribution < -0.4 is 9.47 Å². The Hall–Kier alpha value is -7.99. The topological polar surface area (TPSA) is 150 Å². The van der Waals surface area contributed by atoms with E-state index in [0.717, 1.165) is 97.3 Å². The molecular formula is C60H66O12. The molecule has 0 N–H and O–H groups in total. The third-order valence-corrected chi connectivity index (χ3v) is 10.8. The number of hydrogen-bond acceptors (Lipinski definition) is 12. The van der Waals surface area contributed by atoms with Crippen LogP contribution in [0, 0.1) is 5.92 Å². The van der Waals surface area contributed by atoms with Crippen molar-refractivity contribution in [3.05, 3.63) is 194 Å². The summed E-state index contributed by atoms with van der Waals surface area (Å²) in [5.41, 5.74) is 4.84. The molecule has 12 heteroatoms. The van der Waals surface area contributed by atoms with Crippen LogP contribution in [-0.2, 0) is 38.1 Å². The summed E-state index contributed by atoms with van der Waals surface area (Å²) in [6.07, 6.45) is 17.6. The van der Waals surface area contributed by atoms with E-state index < -0.39 is 35.8 Å². The Morgan fingerprint density at radius 2 is 0.944 bits per heavy atom. The first-order valence-electron chi connectivity index (χ1n) is 24.1. The first-order valence-corrected chi connectivity index (χ1v) is 24.1. The summed E-state index contributed by atoms with van der Waals surface area (Å²) in [6, 6.07) is 29.6. The van der Waals surface area contributed by atoms with Crippen molar-refractivity contribution < 1.29 is 57.1 Å². The zero-order chi connectivity index (χ0) is 51.9. The molecule has 0 radical (unpaired) electrons. The quantitative estimate of drug-likeness (QED) is 0.00871. The zero-order valence-electron chi connectivity index (χ0n) is 41.5. The minimum Gasteiger partial charge on any atom is -0.494 e. The van der Waals surface area contributed by atoms with Gasteiger partial charge in [0, 0.05) is 12.2 Å². The van der Waals surface area contributed by atoms with Crippen molar-refractivity contribution in [3.63, 3.8) is 0 Å². The SMILES string of the molecule is C=CCOC(=O)C(C)C/C=C(\C=C/C(=C)/C=C(\C)OC(=O)c1ccc(-c2ccc(OCCCCCCOC(=O)C=C)cc2)cc1)OC(=O)c1ccc(-c2ccc(OCCCCCCOC(=O)C=C)cc2)cc1. The van der Waals surface area contributed by atoms with Crippen molar-refractivity contribution in [1.82, 2.24) is 0 Å². The van der Waals surface area contributed by atoms with E-state index in [0.29, 0.717) is 48.9 Å². The molecule has 4 rings (SSSR count). The molecule has 0 aromatic heterocycles. The number of unbranched alkanes of at least 4 members (excludes halogenated alkanes) is 6. The lowest BCUT2D eigenvalue weighted by Crippen LogP contribution is -2.14. The van der Waals surface area contributed by atoms with Gasteiger partial charge in [-0.1, -0.05) is 93.9 Å². The summed E-state index contributed by atoms with van der Waals surface area (Å²) in [4.78, 5) is 61.3. The molecule has 1 atom stereocenters. The number of ether oxygens (including phenoxy) is 7. The summed E-state index contributed by atoms with van der Waals surface area (Å²) in [5.74, 6) is -0.923. The van der Waals surface area contributed by atoms with Gasteiger partial charge in [0.2, 0.25) is 0 Å². The molecule has 4 aromatic rings. The number of rotatable bonds is 32. The maximum atomic E-state index is 13.4. The average Bonchev–Trinajstić information content (AvgIpc) is 3.40. The summed E-state index contributed by atoms with van der Waals surface area (Å²) in [5, 5.41) is 0. The minimum absolute atomic E-state index is 0.0824. The van der Waals surface area contributed by atoms with E-state index in [1.54, 1.807) is 62.4 Å². The molecule has 0 bridgehead atoms. The van der Waals surface area contributed by atoms with Crippen molar-refractivity contribution in [2.24, 2.45) is 5.92 Å². The maximum Gasteiger partial charge on any atom is 0.343 e. The normalized spacial score (nSPS) is 11.7. The number of carbonyl (C=O) groups is 5. The molecule has 0 aliphatic carbocycles. The number of allylic oxidation sites excluding steroid dienone is 6. The van der Waals surface area contributed by atoms with Gasteiger partial charge < -0.3 is 33.2 Å². The highest BCUT2D eigenvalue weighted by Gasteiger charge is 2.16. The molecule has 0 heterocycles. The Morgan fingerprint density at radius 1 is 0.528 bits per heavy atom. The third kappa shape index (κ3) is 21.3. The highest BCUT2D eigenvalue weighted by molar-refractivity contribution is 5.91. The average molecular weight is 979 g/mol. The smallest absolute Gasteiger partial charge is 0.343 e. The lowest BCUT2D eigenvalue weighted by Gasteiger charge is -2.10. The van der Waals surface area contributed by atoms with Gasteiger partial charge in [0.1, 0.15) is 29.6 Å². The van der Waals surface area contributed by atoms with Gasteiger partial charge in [-0.2, -0.15) is 0 Å². The molecule has 0 amide bonds. The monoisotopic (exact) mass is 978 g/mol. The van der Waals surface area contributed by atoms with Gasteiger partial charge in [0.25, 0.3) is 0 Å².